The highest BCUT2D eigenvalue weighted by atomic mass is 19.4. The van der Waals surface area contributed by atoms with Crippen LogP contribution in [0.4, 0.5) is 13.2 Å². The molecule has 0 saturated carbocycles. The molecule has 0 radical (unpaired) electrons. The van der Waals surface area contributed by atoms with Crippen molar-refractivity contribution in [2.24, 2.45) is 0 Å². The molecule has 1 N–H and O–H groups in total. The van der Waals surface area contributed by atoms with Crippen molar-refractivity contribution in [1.29, 1.82) is 0 Å². The molecule has 1 aromatic rings. The van der Waals surface area contributed by atoms with Crippen LogP contribution in [0.25, 0.3) is 0 Å². The Hall–Kier alpha value is -2.13. The summed E-state index contributed by atoms with van der Waals surface area (Å²) >= 11 is 0. The Bertz CT molecular complexity index is 717. The summed E-state index contributed by atoms with van der Waals surface area (Å²) in [5.41, 5.74) is -0.238. The molecule has 0 spiro atoms. The van der Waals surface area contributed by atoms with Gasteiger partial charge in [0.25, 0.3) is 0 Å². The molecule has 28 heavy (non-hydrogen) atoms. The molecule has 9 heteroatoms. The van der Waals surface area contributed by atoms with Crippen molar-refractivity contribution < 1.29 is 22.8 Å². The van der Waals surface area contributed by atoms with Gasteiger partial charge in [0.15, 0.2) is 0 Å². The molecule has 2 fully saturated rings. The van der Waals surface area contributed by atoms with E-state index >= 15 is 0 Å². The van der Waals surface area contributed by atoms with Crippen LogP contribution in [-0.4, -0.2) is 78.9 Å². The maximum atomic E-state index is 13.0. The van der Waals surface area contributed by atoms with E-state index in [0.29, 0.717) is 31.7 Å². The Morgan fingerprint density at radius 2 is 1.89 bits per heavy atom. The number of hydrogen-bond donors (Lipinski definition) is 1. The van der Waals surface area contributed by atoms with Crippen molar-refractivity contribution in [3.8, 4) is 0 Å². The second-order valence-electron chi connectivity index (χ2n) is 7.36. The van der Waals surface area contributed by atoms with E-state index in [2.05, 4.69) is 10.2 Å². The summed E-state index contributed by atoms with van der Waals surface area (Å²) in [5, 5.41) is 2.76. The van der Waals surface area contributed by atoms with Gasteiger partial charge in [-0.1, -0.05) is 18.2 Å². The molecule has 0 aromatic heterocycles. The topological polar surface area (TPSA) is 55.9 Å². The number of amides is 2. The average Bonchev–Trinajstić information content (AvgIpc) is 2.64. The highest BCUT2D eigenvalue weighted by Crippen LogP contribution is 2.30. The van der Waals surface area contributed by atoms with Crippen LogP contribution in [0.3, 0.4) is 0 Å². The molecule has 0 bridgehead atoms. The summed E-state index contributed by atoms with van der Waals surface area (Å²) in [5.74, 6) is -0.343. The van der Waals surface area contributed by atoms with Crippen molar-refractivity contribution in [1.82, 2.24) is 20.0 Å². The number of alkyl halides is 3. The van der Waals surface area contributed by atoms with Gasteiger partial charge in [0.2, 0.25) is 11.8 Å². The van der Waals surface area contributed by atoms with Gasteiger partial charge in [-0.15, -0.1) is 0 Å². The molecule has 6 nitrogen and oxygen atoms in total. The summed E-state index contributed by atoms with van der Waals surface area (Å²) in [6.45, 7) is 3.92. The molecule has 0 aliphatic carbocycles. The summed E-state index contributed by atoms with van der Waals surface area (Å²) in [6.07, 6.45) is -4.37. The van der Waals surface area contributed by atoms with E-state index in [9.17, 15) is 22.8 Å². The largest absolute Gasteiger partial charge is 0.416 e. The van der Waals surface area contributed by atoms with Crippen LogP contribution in [0.15, 0.2) is 24.3 Å². The normalized spacial score (nSPS) is 22.2. The van der Waals surface area contributed by atoms with Gasteiger partial charge in [0.05, 0.1) is 18.0 Å². The zero-order valence-corrected chi connectivity index (χ0v) is 15.8. The van der Waals surface area contributed by atoms with E-state index in [1.807, 2.05) is 7.05 Å². The zero-order valence-electron chi connectivity index (χ0n) is 15.8. The van der Waals surface area contributed by atoms with Crippen LogP contribution in [0.5, 0.6) is 0 Å². The number of nitrogens with one attached hydrogen (secondary N) is 1. The van der Waals surface area contributed by atoms with E-state index in [1.54, 1.807) is 15.9 Å². The molecule has 154 valence electrons. The Morgan fingerprint density at radius 1 is 1.18 bits per heavy atom. The highest BCUT2D eigenvalue weighted by Gasteiger charge is 2.34. The standard InChI is InChI=1S/C19H25F3N4O2/c1-24-7-9-25(10-8-24)17(27)12-16-18(28)23-5-6-26(16)13-14-3-2-4-15(11-14)19(20,21)22/h2-4,11,16H,5-10,12-13H2,1H3,(H,23,28). The number of carbonyl (C=O) groups excluding carboxylic acids is 2. The minimum atomic E-state index is -4.41. The summed E-state index contributed by atoms with van der Waals surface area (Å²) < 4.78 is 38.9. The van der Waals surface area contributed by atoms with Crippen molar-refractivity contribution in [3.05, 3.63) is 35.4 Å². The Kier molecular flexibility index (Phi) is 6.24. The van der Waals surface area contributed by atoms with E-state index in [-0.39, 0.29) is 24.8 Å². The predicted octanol–water partition coefficient (Wildman–Crippen LogP) is 1.17. The van der Waals surface area contributed by atoms with E-state index in [1.165, 1.54) is 6.07 Å². The van der Waals surface area contributed by atoms with Crippen molar-refractivity contribution in [3.63, 3.8) is 0 Å². The van der Waals surface area contributed by atoms with Gasteiger partial charge in [0.1, 0.15) is 0 Å². The summed E-state index contributed by atoms with van der Waals surface area (Å²) in [7, 11) is 1.99. The second kappa shape index (κ2) is 8.48. The molecule has 1 aromatic carbocycles. The lowest BCUT2D eigenvalue weighted by atomic mass is 10.0. The first-order chi connectivity index (χ1) is 13.2. The fourth-order valence-electron chi connectivity index (χ4n) is 3.60. The van der Waals surface area contributed by atoms with E-state index in [0.717, 1.165) is 25.2 Å². The Morgan fingerprint density at radius 3 is 2.57 bits per heavy atom. The second-order valence-corrected chi connectivity index (χ2v) is 7.36. The third-order valence-electron chi connectivity index (χ3n) is 5.31. The van der Waals surface area contributed by atoms with Crippen LogP contribution in [0.1, 0.15) is 17.5 Å². The lowest BCUT2D eigenvalue weighted by Gasteiger charge is -2.37. The van der Waals surface area contributed by atoms with Gasteiger partial charge in [-0.05, 0) is 18.7 Å². The first-order valence-electron chi connectivity index (χ1n) is 9.38. The predicted molar refractivity (Wildman–Crippen MR) is 97.3 cm³/mol. The average molecular weight is 398 g/mol. The molecule has 2 saturated heterocycles. The maximum absolute atomic E-state index is 13.0. The van der Waals surface area contributed by atoms with Gasteiger partial charge in [-0.25, -0.2) is 0 Å². The fourth-order valence-corrected chi connectivity index (χ4v) is 3.60. The Labute approximate surface area is 162 Å². The number of carbonyl (C=O) groups is 2. The van der Waals surface area contributed by atoms with Gasteiger partial charge in [0, 0.05) is 45.8 Å². The van der Waals surface area contributed by atoms with Crippen LogP contribution in [0.2, 0.25) is 0 Å². The number of likely N-dealkylation sites (N-methyl/N-ethyl adjacent to an activating group) is 1. The van der Waals surface area contributed by atoms with Crippen LogP contribution >= 0.6 is 0 Å². The van der Waals surface area contributed by atoms with Gasteiger partial charge in [-0.2, -0.15) is 13.2 Å². The number of benzene rings is 1. The molecule has 3 rings (SSSR count). The van der Waals surface area contributed by atoms with Gasteiger partial charge >= 0.3 is 6.18 Å². The first-order valence-corrected chi connectivity index (χ1v) is 9.38. The molecule has 2 aliphatic heterocycles. The van der Waals surface area contributed by atoms with Gasteiger partial charge in [-0.3, -0.25) is 14.5 Å². The van der Waals surface area contributed by atoms with Crippen LogP contribution in [0, 0.1) is 0 Å². The summed E-state index contributed by atoms with van der Waals surface area (Å²) in [6, 6.07) is 4.44. The molecule has 2 heterocycles. The lowest BCUT2D eigenvalue weighted by Crippen LogP contribution is -2.57. The van der Waals surface area contributed by atoms with Gasteiger partial charge < -0.3 is 15.1 Å². The molecule has 1 unspecified atom stereocenters. The molecular weight excluding hydrogens is 373 g/mol. The van der Waals surface area contributed by atoms with E-state index < -0.39 is 17.8 Å². The van der Waals surface area contributed by atoms with Crippen molar-refractivity contribution in [2.45, 2.75) is 25.2 Å². The first kappa shape index (κ1) is 20.6. The van der Waals surface area contributed by atoms with Crippen molar-refractivity contribution in [2.75, 3.05) is 46.3 Å². The smallest absolute Gasteiger partial charge is 0.353 e. The minimum Gasteiger partial charge on any atom is -0.353 e. The summed E-state index contributed by atoms with van der Waals surface area (Å²) in [4.78, 5) is 30.7. The monoisotopic (exact) mass is 398 g/mol. The molecule has 2 amide bonds. The Balaban J connectivity index is 1.69. The van der Waals surface area contributed by atoms with E-state index in [4.69, 9.17) is 0 Å². The highest BCUT2D eigenvalue weighted by molar-refractivity contribution is 5.88. The number of halogens is 3. The quantitative estimate of drug-likeness (QED) is 0.828. The van der Waals surface area contributed by atoms with Crippen LogP contribution < -0.4 is 5.32 Å². The molecule has 2 aliphatic rings. The minimum absolute atomic E-state index is 0.0362. The number of hydrogen-bond acceptors (Lipinski definition) is 4. The third-order valence-corrected chi connectivity index (χ3v) is 5.31. The molecular formula is C19H25F3N4O2. The maximum Gasteiger partial charge on any atom is 0.416 e. The van der Waals surface area contributed by atoms with Crippen LogP contribution in [-0.2, 0) is 22.3 Å². The number of nitrogens with zero attached hydrogens (tertiary/aromatic N) is 3. The fraction of sp³-hybridized carbons (Fsp3) is 0.579. The van der Waals surface area contributed by atoms with Crippen molar-refractivity contribution >= 4 is 11.8 Å². The number of rotatable bonds is 4. The third kappa shape index (κ3) is 5.02. The zero-order chi connectivity index (χ0) is 20.3. The number of piperazine rings is 2. The SMILES string of the molecule is CN1CCN(C(=O)CC2C(=O)NCCN2Cc2cccc(C(F)(F)F)c2)CC1. The lowest BCUT2D eigenvalue weighted by molar-refractivity contribution is -0.140. The molecule has 1 atom stereocenters.